The highest BCUT2D eigenvalue weighted by Crippen LogP contribution is 2.16. The van der Waals surface area contributed by atoms with Gasteiger partial charge in [0.25, 0.3) is 0 Å². The molecule has 0 spiro atoms. The molecule has 1 rings (SSSR count). The summed E-state index contributed by atoms with van der Waals surface area (Å²) in [5.74, 6) is 0. The topological polar surface area (TPSA) is 49.7 Å². The Morgan fingerprint density at radius 1 is 1.13 bits per heavy atom. The zero-order valence-electron chi connectivity index (χ0n) is 9.13. The van der Waals surface area contributed by atoms with Crippen molar-refractivity contribution in [2.24, 2.45) is 0 Å². The van der Waals surface area contributed by atoms with E-state index < -0.39 is 12.2 Å². The second-order valence-corrected chi connectivity index (χ2v) is 3.80. The lowest BCUT2D eigenvalue weighted by molar-refractivity contribution is -0.0542. The van der Waals surface area contributed by atoms with Crippen LogP contribution < -0.4 is 0 Å². The van der Waals surface area contributed by atoms with Crippen molar-refractivity contribution in [3.05, 3.63) is 35.9 Å². The third-order valence-corrected chi connectivity index (χ3v) is 2.11. The van der Waals surface area contributed by atoms with E-state index in [1.54, 1.807) is 12.1 Å². The van der Waals surface area contributed by atoms with E-state index >= 15 is 0 Å². The van der Waals surface area contributed by atoms with Gasteiger partial charge >= 0.3 is 0 Å². The summed E-state index contributed by atoms with van der Waals surface area (Å²) in [6, 6.07) is 9.09. The van der Waals surface area contributed by atoms with Gasteiger partial charge in [-0.3, -0.25) is 0 Å². The Bertz CT molecular complexity index is 271. The van der Waals surface area contributed by atoms with Crippen molar-refractivity contribution in [1.29, 1.82) is 0 Å². The first-order valence-electron chi connectivity index (χ1n) is 5.14. The Balaban J connectivity index is 2.49. The van der Waals surface area contributed by atoms with Crippen LogP contribution in [0, 0.1) is 0 Å². The minimum atomic E-state index is -0.884. The molecule has 84 valence electrons. The summed E-state index contributed by atoms with van der Waals surface area (Å²) in [5, 5.41) is 19.4. The van der Waals surface area contributed by atoms with Gasteiger partial charge in [-0.2, -0.15) is 0 Å². The average Bonchev–Trinajstić information content (AvgIpc) is 2.26. The number of benzene rings is 1. The summed E-state index contributed by atoms with van der Waals surface area (Å²) >= 11 is 0. The fraction of sp³-hybridized carbons (Fsp3) is 0.500. The maximum atomic E-state index is 9.77. The smallest absolute Gasteiger partial charge is 0.107 e. The molecule has 2 unspecified atom stereocenters. The molecule has 2 atom stereocenters. The quantitative estimate of drug-likeness (QED) is 0.774. The van der Waals surface area contributed by atoms with Crippen molar-refractivity contribution >= 4 is 0 Å². The van der Waals surface area contributed by atoms with Crippen molar-refractivity contribution < 1.29 is 14.9 Å². The summed E-state index contributed by atoms with van der Waals surface area (Å²) in [7, 11) is 0. The normalized spacial score (nSPS) is 15.3. The van der Waals surface area contributed by atoms with Gasteiger partial charge in [-0.25, -0.2) is 0 Å². The van der Waals surface area contributed by atoms with E-state index in [2.05, 4.69) is 0 Å². The summed E-state index contributed by atoms with van der Waals surface area (Å²) in [6.45, 7) is 3.93. The molecule has 1 aromatic carbocycles. The highest BCUT2D eigenvalue weighted by atomic mass is 16.5. The maximum Gasteiger partial charge on any atom is 0.107 e. The molecule has 3 heteroatoms. The molecule has 0 radical (unpaired) electrons. The number of hydrogen-bond acceptors (Lipinski definition) is 3. The van der Waals surface area contributed by atoms with Gasteiger partial charge in [0.15, 0.2) is 0 Å². The predicted octanol–water partition coefficient (Wildman–Crippen LogP) is 1.51. The number of hydrogen-bond donors (Lipinski definition) is 2. The summed E-state index contributed by atoms with van der Waals surface area (Å²) < 4.78 is 5.24. The van der Waals surface area contributed by atoms with Gasteiger partial charge in [0.1, 0.15) is 12.2 Å². The molecule has 0 amide bonds. The minimum absolute atomic E-state index is 0.0580. The predicted molar refractivity (Wildman–Crippen MR) is 58.5 cm³/mol. The Hall–Kier alpha value is -0.900. The standard InChI is InChI=1S/C12H18O3/c1-9(2)15-8-11(13)12(14)10-6-4-3-5-7-10/h3-7,9,11-14H,8H2,1-2H3. The van der Waals surface area contributed by atoms with E-state index in [1.165, 1.54) is 0 Å². The number of rotatable bonds is 5. The molecular formula is C12H18O3. The molecule has 0 fully saturated rings. The van der Waals surface area contributed by atoms with Crippen LogP contribution >= 0.6 is 0 Å². The molecule has 3 nitrogen and oxygen atoms in total. The molecule has 1 aromatic rings. The Kier molecular flexibility index (Phi) is 4.75. The van der Waals surface area contributed by atoms with Gasteiger partial charge in [0, 0.05) is 0 Å². The van der Waals surface area contributed by atoms with Crippen molar-refractivity contribution in [2.45, 2.75) is 32.2 Å². The van der Waals surface area contributed by atoms with Crippen LogP contribution in [0.15, 0.2) is 30.3 Å². The zero-order valence-corrected chi connectivity index (χ0v) is 9.13. The third kappa shape index (κ3) is 4.00. The first-order chi connectivity index (χ1) is 7.11. The molecule has 0 aliphatic heterocycles. The van der Waals surface area contributed by atoms with E-state index in [-0.39, 0.29) is 12.7 Å². The monoisotopic (exact) mass is 210 g/mol. The van der Waals surface area contributed by atoms with Gasteiger partial charge in [0.05, 0.1) is 12.7 Å². The van der Waals surface area contributed by atoms with Gasteiger partial charge in [-0.15, -0.1) is 0 Å². The van der Waals surface area contributed by atoms with Crippen molar-refractivity contribution in [3.8, 4) is 0 Å². The lowest BCUT2D eigenvalue weighted by Gasteiger charge is -2.19. The molecule has 0 aliphatic carbocycles. The average molecular weight is 210 g/mol. The van der Waals surface area contributed by atoms with Gasteiger partial charge in [0.2, 0.25) is 0 Å². The number of ether oxygens (including phenoxy) is 1. The molecule has 0 aliphatic rings. The van der Waals surface area contributed by atoms with Crippen LogP contribution in [-0.4, -0.2) is 29.0 Å². The first-order valence-corrected chi connectivity index (χ1v) is 5.14. The SMILES string of the molecule is CC(C)OCC(O)C(O)c1ccccc1. The second kappa shape index (κ2) is 5.85. The lowest BCUT2D eigenvalue weighted by Crippen LogP contribution is -2.25. The van der Waals surface area contributed by atoms with Gasteiger partial charge in [-0.1, -0.05) is 30.3 Å². The van der Waals surface area contributed by atoms with Gasteiger partial charge < -0.3 is 14.9 Å². The maximum absolute atomic E-state index is 9.77. The van der Waals surface area contributed by atoms with Crippen LogP contribution in [0.1, 0.15) is 25.5 Å². The number of aliphatic hydroxyl groups is 2. The Morgan fingerprint density at radius 3 is 2.27 bits per heavy atom. The minimum Gasteiger partial charge on any atom is -0.388 e. The molecule has 2 N–H and O–H groups in total. The van der Waals surface area contributed by atoms with Crippen molar-refractivity contribution in [1.82, 2.24) is 0 Å². The van der Waals surface area contributed by atoms with E-state index in [1.807, 2.05) is 32.0 Å². The summed E-state index contributed by atoms with van der Waals surface area (Å²) in [5.41, 5.74) is 0.706. The van der Waals surface area contributed by atoms with Crippen LogP contribution in [0.25, 0.3) is 0 Å². The fourth-order valence-electron chi connectivity index (χ4n) is 1.25. The van der Waals surface area contributed by atoms with Gasteiger partial charge in [-0.05, 0) is 19.4 Å². The fourth-order valence-corrected chi connectivity index (χ4v) is 1.25. The molecule has 0 saturated carbocycles. The molecule has 15 heavy (non-hydrogen) atoms. The summed E-state index contributed by atoms with van der Waals surface area (Å²) in [6.07, 6.45) is -1.71. The zero-order chi connectivity index (χ0) is 11.3. The van der Waals surface area contributed by atoms with Crippen LogP contribution in [0.2, 0.25) is 0 Å². The lowest BCUT2D eigenvalue weighted by atomic mass is 10.1. The highest BCUT2D eigenvalue weighted by molar-refractivity contribution is 5.18. The summed E-state index contributed by atoms with van der Waals surface area (Å²) in [4.78, 5) is 0. The van der Waals surface area contributed by atoms with Crippen molar-refractivity contribution in [3.63, 3.8) is 0 Å². The van der Waals surface area contributed by atoms with Crippen LogP contribution in [-0.2, 0) is 4.74 Å². The molecule has 0 heterocycles. The van der Waals surface area contributed by atoms with Crippen LogP contribution in [0.4, 0.5) is 0 Å². The second-order valence-electron chi connectivity index (χ2n) is 3.80. The Labute approximate surface area is 90.3 Å². The molecule has 0 aromatic heterocycles. The van der Waals surface area contributed by atoms with Crippen molar-refractivity contribution in [2.75, 3.05) is 6.61 Å². The van der Waals surface area contributed by atoms with E-state index in [0.717, 1.165) is 0 Å². The van der Waals surface area contributed by atoms with Crippen LogP contribution in [0.3, 0.4) is 0 Å². The molecular weight excluding hydrogens is 192 g/mol. The highest BCUT2D eigenvalue weighted by Gasteiger charge is 2.18. The van der Waals surface area contributed by atoms with E-state index in [0.29, 0.717) is 5.56 Å². The largest absolute Gasteiger partial charge is 0.388 e. The van der Waals surface area contributed by atoms with E-state index in [9.17, 15) is 10.2 Å². The number of aliphatic hydroxyl groups excluding tert-OH is 2. The third-order valence-electron chi connectivity index (χ3n) is 2.11. The Morgan fingerprint density at radius 2 is 1.73 bits per heavy atom. The van der Waals surface area contributed by atoms with Crippen LogP contribution in [0.5, 0.6) is 0 Å². The first kappa shape index (κ1) is 12.2. The molecule has 0 bridgehead atoms. The van der Waals surface area contributed by atoms with E-state index in [4.69, 9.17) is 4.74 Å². The molecule has 0 saturated heterocycles.